The van der Waals surface area contributed by atoms with Gasteiger partial charge in [-0.15, -0.1) is 0 Å². The number of ether oxygens (including phenoxy) is 1. The third-order valence-electron chi connectivity index (χ3n) is 4.08. The maximum Gasteiger partial charge on any atom is 0.246 e. The summed E-state index contributed by atoms with van der Waals surface area (Å²) in [7, 11) is -3.79. The molecule has 144 valence electrons. The lowest BCUT2D eigenvalue weighted by Crippen LogP contribution is -2.46. The predicted molar refractivity (Wildman–Crippen MR) is 104 cm³/mol. The van der Waals surface area contributed by atoms with Crippen molar-refractivity contribution >= 4 is 39.5 Å². The number of piperazine rings is 1. The van der Waals surface area contributed by atoms with Crippen LogP contribution in [0.3, 0.4) is 0 Å². The highest BCUT2D eigenvalue weighted by Gasteiger charge is 2.29. The summed E-state index contributed by atoms with van der Waals surface area (Å²) < 4.78 is 33.5. The summed E-state index contributed by atoms with van der Waals surface area (Å²) in [5.74, 6) is 0.480. The van der Waals surface area contributed by atoms with E-state index in [9.17, 15) is 13.2 Å². The van der Waals surface area contributed by atoms with Crippen LogP contribution in [-0.2, 0) is 21.2 Å². The lowest BCUT2D eigenvalue weighted by Gasteiger charge is -2.27. The van der Waals surface area contributed by atoms with Gasteiger partial charge in [-0.05, 0) is 35.9 Å². The first-order valence-corrected chi connectivity index (χ1v) is 10.5. The molecule has 2 aromatic rings. The first kappa shape index (κ1) is 20.1. The maximum absolute atomic E-state index is 13.2. The number of halogens is 2. The van der Waals surface area contributed by atoms with Crippen molar-refractivity contribution in [2.24, 2.45) is 0 Å². The number of carbonyl (C=O) groups excluding carboxylic acids is 1. The van der Waals surface area contributed by atoms with Gasteiger partial charge in [0, 0.05) is 42.6 Å². The minimum Gasteiger partial charge on any atom is -0.456 e. The molecular weight excluding hydrogens is 411 g/mol. The van der Waals surface area contributed by atoms with Crippen molar-refractivity contribution in [1.82, 2.24) is 9.62 Å². The van der Waals surface area contributed by atoms with Crippen LogP contribution >= 0.6 is 23.2 Å². The maximum atomic E-state index is 13.2. The van der Waals surface area contributed by atoms with E-state index < -0.39 is 10.0 Å². The summed E-state index contributed by atoms with van der Waals surface area (Å²) in [5.41, 5.74) is 0.593. The third kappa shape index (κ3) is 4.80. The van der Waals surface area contributed by atoms with Gasteiger partial charge in [-0.1, -0.05) is 29.3 Å². The van der Waals surface area contributed by atoms with Crippen LogP contribution in [0.1, 0.15) is 5.56 Å². The van der Waals surface area contributed by atoms with Crippen molar-refractivity contribution in [3.05, 3.63) is 52.0 Å². The molecule has 0 amide bonds. The number of aldehydes is 1. The Morgan fingerprint density at radius 3 is 2.37 bits per heavy atom. The van der Waals surface area contributed by atoms with Crippen LogP contribution in [0.4, 0.5) is 0 Å². The van der Waals surface area contributed by atoms with Gasteiger partial charge in [-0.25, -0.2) is 8.42 Å². The third-order valence-corrected chi connectivity index (χ3v) is 6.44. The Morgan fingerprint density at radius 1 is 1.07 bits per heavy atom. The molecule has 1 saturated heterocycles. The molecule has 0 radical (unpaired) electrons. The lowest BCUT2D eigenvalue weighted by molar-refractivity contribution is -0.107. The van der Waals surface area contributed by atoms with Crippen LogP contribution in [0.15, 0.2) is 41.3 Å². The number of sulfonamides is 1. The van der Waals surface area contributed by atoms with E-state index in [0.717, 1.165) is 6.29 Å². The van der Waals surface area contributed by atoms with E-state index in [1.165, 1.54) is 10.4 Å². The van der Waals surface area contributed by atoms with E-state index in [1.54, 1.807) is 30.3 Å². The van der Waals surface area contributed by atoms with Crippen LogP contribution in [0.25, 0.3) is 0 Å². The summed E-state index contributed by atoms with van der Waals surface area (Å²) in [5, 5.41) is 3.88. The zero-order valence-corrected chi connectivity index (χ0v) is 16.6. The minimum atomic E-state index is -3.79. The van der Waals surface area contributed by atoms with Crippen LogP contribution in [0.2, 0.25) is 10.0 Å². The molecule has 0 unspecified atom stereocenters. The molecule has 1 fully saturated rings. The Morgan fingerprint density at radius 2 is 1.74 bits per heavy atom. The van der Waals surface area contributed by atoms with E-state index in [2.05, 4.69) is 5.32 Å². The van der Waals surface area contributed by atoms with E-state index in [4.69, 9.17) is 27.9 Å². The van der Waals surface area contributed by atoms with Crippen LogP contribution in [0.5, 0.6) is 11.5 Å². The number of hydrogen-bond acceptors (Lipinski definition) is 5. The van der Waals surface area contributed by atoms with Crippen molar-refractivity contribution in [1.29, 1.82) is 0 Å². The molecule has 1 aliphatic rings. The predicted octanol–water partition coefficient (Wildman–Crippen LogP) is 3.12. The fourth-order valence-electron chi connectivity index (χ4n) is 2.80. The molecule has 0 aromatic heterocycles. The van der Waals surface area contributed by atoms with E-state index >= 15 is 0 Å². The van der Waals surface area contributed by atoms with Gasteiger partial charge in [-0.3, -0.25) is 0 Å². The Balaban J connectivity index is 2.03. The zero-order valence-electron chi connectivity index (χ0n) is 14.3. The number of hydrogen-bond donors (Lipinski definition) is 1. The average Bonchev–Trinajstić information content (AvgIpc) is 2.63. The molecule has 1 heterocycles. The zero-order chi connectivity index (χ0) is 19.4. The molecule has 3 rings (SSSR count). The molecule has 9 heteroatoms. The second-order valence-electron chi connectivity index (χ2n) is 6.01. The van der Waals surface area contributed by atoms with Gasteiger partial charge in [0.05, 0.1) is 0 Å². The van der Waals surface area contributed by atoms with Gasteiger partial charge in [-0.2, -0.15) is 4.31 Å². The van der Waals surface area contributed by atoms with Crippen molar-refractivity contribution in [2.75, 3.05) is 26.2 Å². The van der Waals surface area contributed by atoms with Crippen molar-refractivity contribution in [2.45, 2.75) is 11.3 Å². The van der Waals surface area contributed by atoms with Crippen molar-refractivity contribution in [3.8, 4) is 11.5 Å². The van der Waals surface area contributed by atoms with Gasteiger partial charge in [0.15, 0.2) is 0 Å². The number of nitrogens with one attached hydrogen (secondary N) is 1. The average molecular weight is 429 g/mol. The summed E-state index contributed by atoms with van der Waals surface area (Å²) in [6.07, 6.45) is 0.848. The first-order chi connectivity index (χ1) is 12.9. The van der Waals surface area contributed by atoms with Crippen LogP contribution in [0, 0.1) is 0 Å². The Labute approximate surface area is 168 Å². The SMILES string of the molecule is O=CCc1ccc(Oc2cc(Cl)cc(Cl)c2)c(S(=O)(=O)N2CCNCC2)c1. The molecular formula is C18H18Cl2N2O4S. The standard InChI is InChI=1S/C18H18Cl2N2O4S/c19-14-10-15(20)12-16(11-14)26-17-2-1-13(3-8-23)9-18(17)27(24,25)22-6-4-21-5-7-22/h1-2,8-12,21H,3-7H2. The molecule has 1 aliphatic heterocycles. The molecule has 2 aromatic carbocycles. The summed E-state index contributed by atoms with van der Waals surface area (Å²) in [6.45, 7) is 1.88. The van der Waals surface area contributed by atoms with Crippen LogP contribution in [-0.4, -0.2) is 45.2 Å². The van der Waals surface area contributed by atoms with Gasteiger partial charge < -0.3 is 14.8 Å². The highest BCUT2D eigenvalue weighted by Crippen LogP contribution is 2.34. The normalized spacial score (nSPS) is 15.5. The fraction of sp³-hybridized carbons (Fsp3) is 0.278. The Bertz CT molecular complexity index is 924. The second kappa shape index (κ2) is 8.58. The molecule has 1 N–H and O–H groups in total. The quantitative estimate of drug-likeness (QED) is 0.715. The summed E-state index contributed by atoms with van der Waals surface area (Å²) in [4.78, 5) is 10.9. The minimum absolute atomic E-state index is 0.0137. The van der Waals surface area contributed by atoms with E-state index in [0.29, 0.717) is 47.5 Å². The molecule has 0 saturated carbocycles. The second-order valence-corrected chi connectivity index (χ2v) is 8.79. The lowest BCUT2D eigenvalue weighted by atomic mass is 10.1. The number of rotatable bonds is 6. The van der Waals surface area contributed by atoms with E-state index in [1.807, 2.05) is 0 Å². The van der Waals surface area contributed by atoms with Crippen LogP contribution < -0.4 is 10.1 Å². The Hall–Kier alpha value is -1.64. The fourth-order valence-corrected chi connectivity index (χ4v) is 4.91. The largest absolute Gasteiger partial charge is 0.456 e. The smallest absolute Gasteiger partial charge is 0.246 e. The molecule has 27 heavy (non-hydrogen) atoms. The number of nitrogens with zero attached hydrogens (tertiary/aromatic N) is 1. The number of carbonyl (C=O) groups is 1. The van der Waals surface area contributed by atoms with Gasteiger partial charge in [0.1, 0.15) is 22.7 Å². The van der Waals surface area contributed by atoms with Gasteiger partial charge >= 0.3 is 0 Å². The molecule has 6 nitrogen and oxygen atoms in total. The first-order valence-electron chi connectivity index (χ1n) is 8.31. The molecule has 0 aliphatic carbocycles. The highest BCUT2D eigenvalue weighted by molar-refractivity contribution is 7.89. The summed E-state index contributed by atoms with van der Waals surface area (Å²) >= 11 is 12.0. The van der Waals surface area contributed by atoms with Gasteiger partial charge in [0.25, 0.3) is 0 Å². The van der Waals surface area contributed by atoms with E-state index in [-0.39, 0.29) is 17.1 Å². The highest BCUT2D eigenvalue weighted by atomic mass is 35.5. The topological polar surface area (TPSA) is 75.7 Å². The molecule has 0 atom stereocenters. The molecule has 0 bridgehead atoms. The molecule has 0 spiro atoms. The van der Waals surface area contributed by atoms with Gasteiger partial charge in [0.2, 0.25) is 10.0 Å². The number of benzene rings is 2. The Kier molecular flexibility index (Phi) is 6.39. The summed E-state index contributed by atoms with van der Waals surface area (Å²) in [6, 6.07) is 9.34. The van der Waals surface area contributed by atoms with Crippen molar-refractivity contribution < 1.29 is 17.9 Å². The monoisotopic (exact) mass is 428 g/mol. The van der Waals surface area contributed by atoms with Crippen molar-refractivity contribution in [3.63, 3.8) is 0 Å².